The van der Waals surface area contributed by atoms with Gasteiger partial charge in [0.05, 0.1) is 7.11 Å². The lowest BCUT2D eigenvalue weighted by molar-refractivity contribution is -0.106. The van der Waals surface area contributed by atoms with Crippen molar-refractivity contribution in [3.63, 3.8) is 0 Å². The van der Waals surface area contributed by atoms with Crippen LogP contribution in [0.1, 0.15) is 60.8 Å². The van der Waals surface area contributed by atoms with E-state index >= 15 is 0 Å². The number of methoxy groups -OCH3 is 1. The maximum absolute atomic E-state index is 6.97. The standard InChI is InChI=1S/C38H44N2O2/c1-25-8-13-30(14-9-25)42-36-32(41-2)15-12-28-20-33-37-17-16-31-34(29(21-37)24-40(31)23-26-6-4-3-5-7-26)38(37,35(28)36)18-19-39(33)22-27-10-11-27/h3-9,12-15,27,29,31,33-34H,10-11,16-24H2,1-2H3. The van der Waals surface area contributed by atoms with Crippen LogP contribution < -0.4 is 9.47 Å². The van der Waals surface area contributed by atoms with Crippen LogP contribution in [0, 0.1) is 30.1 Å². The Morgan fingerprint density at radius 3 is 2.52 bits per heavy atom. The molecule has 4 aliphatic carbocycles. The molecule has 6 atom stereocenters. The van der Waals surface area contributed by atoms with Gasteiger partial charge in [0.15, 0.2) is 11.5 Å². The summed E-state index contributed by atoms with van der Waals surface area (Å²) in [5.41, 5.74) is 6.27. The highest BCUT2D eigenvalue weighted by Crippen LogP contribution is 2.77. The molecule has 6 unspecified atom stereocenters. The van der Waals surface area contributed by atoms with Gasteiger partial charge in [0, 0.05) is 42.7 Å². The fourth-order valence-electron chi connectivity index (χ4n) is 11.1. The van der Waals surface area contributed by atoms with Crippen molar-refractivity contribution in [2.45, 2.75) is 75.9 Å². The molecule has 0 amide bonds. The van der Waals surface area contributed by atoms with Crippen molar-refractivity contribution in [1.82, 2.24) is 9.80 Å². The molecule has 0 aromatic heterocycles. The van der Waals surface area contributed by atoms with E-state index in [2.05, 4.69) is 83.5 Å². The van der Waals surface area contributed by atoms with Gasteiger partial charge in [0.2, 0.25) is 0 Å². The second kappa shape index (κ2) is 9.34. The molecule has 0 radical (unpaired) electrons. The summed E-state index contributed by atoms with van der Waals surface area (Å²) in [5.74, 6) is 5.21. The molecule has 0 N–H and O–H groups in total. The van der Waals surface area contributed by atoms with Crippen molar-refractivity contribution >= 4 is 0 Å². The molecule has 6 aliphatic rings. The van der Waals surface area contributed by atoms with Gasteiger partial charge in [-0.25, -0.2) is 0 Å². The number of ether oxygens (including phenoxy) is 2. The van der Waals surface area contributed by atoms with Gasteiger partial charge < -0.3 is 9.47 Å². The Hall–Kier alpha value is -2.82. The number of piperidine rings is 1. The third-order valence-electron chi connectivity index (χ3n) is 12.6. The van der Waals surface area contributed by atoms with E-state index in [1.165, 1.54) is 80.4 Å². The zero-order valence-corrected chi connectivity index (χ0v) is 25.2. The van der Waals surface area contributed by atoms with E-state index in [-0.39, 0.29) is 5.41 Å². The zero-order chi connectivity index (χ0) is 28.1. The number of fused-ring (bicyclic) bond motifs is 1. The van der Waals surface area contributed by atoms with Crippen LogP contribution in [0.5, 0.6) is 17.2 Å². The quantitative estimate of drug-likeness (QED) is 0.301. The Labute approximate surface area is 251 Å². The van der Waals surface area contributed by atoms with Gasteiger partial charge in [-0.3, -0.25) is 9.80 Å². The van der Waals surface area contributed by atoms with Crippen molar-refractivity contribution in [3.05, 3.63) is 89.0 Å². The molecule has 3 aromatic rings. The molecule has 4 bridgehead atoms. The highest BCUT2D eigenvalue weighted by Gasteiger charge is 2.76. The first-order valence-electron chi connectivity index (χ1n) is 16.6. The first-order valence-corrected chi connectivity index (χ1v) is 16.6. The molecule has 2 aliphatic heterocycles. The molecule has 42 heavy (non-hydrogen) atoms. The topological polar surface area (TPSA) is 24.9 Å². The number of aryl methyl sites for hydroxylation is 1. The summed E-state index contributed by atoms with van der Waals surface area (Å²) in [4.78, 5) is 5.86. The van der Waals surface area contributed by atoms with E-state index in [0.29, 0.717) is 23.4 Å². The minimum atomic E-state index is 0.152. The lowest BCUT2D eigenvalue weighted by atomic mass is 9.43. The van der Waals surface area contributed by atoms with Gasteiger partial charge in [-0.2, -0.15) is 0 Å². The van der Waals surface area contributed by atoms with Crippen LogP contribution in [0.25, 0.3) is 0 Å². The number of hydrogen-bond acceptors (Lipinski definition) is 4. The highest BCUT2D eigenvalue weighted by molar-refractivity contribution is 5.61. The fourth-order valence-corrected chi connectivity index (χ4v) is 11.1. The molecule has 0 spiro atoms. The van der Waals surface area contributed by atoms with Crippen molar-refractivity contribution in [2.24, 2.45) is 23.2 Å². The normalized spacial score (nSPS) is 34.6. The predicted octanol–water partition coefficient (Wildman–Crippen LogP) is 7.37. The largest absolute Gasteiger partial charge is 0.493 e. The van der Waals surface area contributed by atoms with Crippen molar-refractivity contribution in [3.8, 4) is 17.2 Å². The number of rotatable bonds is 7. The minimum Gasteiger partial charge on any atom is -0.493 e. The number of likely N-dealkylation sites (tertiary alicyclic amines) is 2. The maximum atomic E-state index is 6.97. The van der Waals surface area contributed by atoms with E-state index in [0.717, 1.165) is 42.0 Å². The van der Waals surface area contributed by atoms with Crippen LogP contribution in [-0.2, 0) is 18.4 Å². The Morgan fingerprint density at radius 2 is 1.74 bits per heavy atom. The molecule has 4 heteroatoms. The first kappa shape index (κ1) is 25.7. The molecule has 5 fully saturated rings. The Kier molecular flexibility index (Phi) is 5.70. The van der Waals surface area contributed by atoms with Crippen molar-refractivity contribution in [2.75, 3.05) is 26.7 Å². The van der Waals surface area contributed by atoms with Gasteiger partial charge in [-0.15, -0.1) is 0 Å². The van der Waals surface area contributed by atoms with Crippen LogP contribution in [0.3, 0.4) is 0 Å². The molecule has 9 rings (SSSR count). The molecular formula is C38H44N2O2. The van der Waals surface area contributed by atoms with E-state index in [1.54, 1.807) is 0 Å². The average Bonchev–Trinajstić information content (AvgIpc) is 3.72. The minimum absolute atomic E-state index is 0.152. The van der Waals surface area contributed by atoms with Gasteiger partial charge in [-0.1, -0.05) is 54.1 Å². The summed E-state index contributed by atoms with van der Waals surface area (Å²) >= 11 is 0. The fraction of sp³-hybridized carbons (Fsp3) is 0.526. The number of benzene rings is 3. The Bertz CT molecular complexity index is 1500. The monoisotopic (exact) mass is 560 g/mol. The van der Waals surface area contributed by atoms with Crippen LogP contribution in [0.2, 0.25) is 0 Å². The van der Waals surface area contributed by atoms with Crippen LogP contribution in [0.4, 0.5) is 0 Å². The van der Waals surface area contributed by atoms with E-state index in [4.69, 9.17) is 9.47 Å². The van der Waals surface area contributed by atoms with Gasteiger partial charge >= 0.3 is 0 Å². The third-order valence-corrected chi connectivity index (χ3v) is 12.6. The summed E-state index contributed by atoms with van der Waals surface area (Å²) in [6.07, 6.45) is 9.37. The van der Waals surface area contributed by atoms with Gasteiger partial charge in [0.1, 0.15) is 5.75 Å². The second-order valence-electron chi connectivity index (χ2n) is 14.6. The molecule has 3 aromatic carbocycles. The van der Waals surface area contributed by atoms with Crippen molar-refractivity contribution < 1.29 is 9.47 Å². The maximum Gasteiger partial charge on any atom is 0.173 e. The SMILES string of the molecule is COc1ccc2c(c1Oc1ccc(C)cc1)C13CCN(CC4CC4)C(C2)C12CCC1C3C(CN1Cc1ccccc1)C2. The smallest absolute Gasteiger partial charge is 0.173 e. The molecule has 4 nitrogen and oxygen atoms in total. The summed E-state index contributed by atoms with van der Waals surface area (Å²) in [7, 11) is 1.82. The lowest BCUT2D eigenvalue weighted by Gasteiger charge is -2.66. The summed E-state index contributed by atoms with van der Waals surface area (Å²) in [6, 6.07) is 25.7. The second-order valence-corrected chi connectivity index (χ2v) is 14.6. The van der Waals surface area contributed by atoms with Gasteiger partial charge in [-0.05, 0) is 111 Å². The summed E-state index contributed by atoms with van der Waals surface area (Å²) in [5, 5.41) is 0. The summed E-state index contributed by atoms with van der Waals surface area (Å²) in [6.45, 7) is 7.02. The zero-order valence-electron chi connectivity index (χ0n) is 25.2. The first-order chi connectivity index (χ1) is 20.6. The number of hydrogen-bond donors (Lipinski definition) is 0. The van der Waals surface area contributed by atoms with Crippen LogP contribution >= 0.6 is 0 Å². The molecule has 3 saturated carbocycles. The van der Waals surface area contributed by atoms with E-state index in [9.17, 15) is 0 Å². The molecule has 218 valence electrons. The molecule has 2 heterocycles. The third kappa shape index (κ3) is 3.54. The van der Waals surface area contributed by atoms with Gasteiger partial charge in [0.25, 0.3) is 0 Å². The lowest BCUT2D eigenvalue weighted by Crippen LogP contribution is -2.69. The molecule has 2 saturated heterocycles. The van der Waals surface area contributed by atoms with E-state index in [1.807, 2.05) is 7.11 Å². The van der Waals surface area contributed by atoms with Crippen molar-refractivity contribution in [1.29, 1.82) is 0 Å². The predicted molar refractivity (Wildman–Crippen MR) is 166 cm³/mol. The van der Waals surface area contributed by atoms with Crippen LogP contribution in [-0.4, -0.2) is 48.6 Å². The van der Waals surface area contributed by atoms with E-state index < -0.39 is 0 Å². The Morgan fingerprint density at radius 1 is 0.905 bits per heavy atom. The average molecular weight is 561 g/mol. The Balaban J connectivity index is 1.20. The number of nitrogens with zero attached hydrogens (tertiary/aromatic N) is 2. The molecular weight excluding hydrogens is 516 g/mol. The summed E-state index contributed by atoms with van der Waals surface area (Å²) < 4.78 is 13.1. The van der Waals surface area contributed by atoms with Crippen LogP contribution in [0.15, 0.2) is 66.7 Å². The highest BCUT2D eigenvalue weighted by atomic mass is 16.5.